The highest BCUT2D eigenvalue weighted by Gasteiger charge is 2.33. The molecular weight excluding hydrogens is 588 g/mol. The number of ether oxygens (including phenoxy) is 5. The molecule has 10 nitrogen and oxygen atoms in total. The first-order valence-corrected chi connectivity index (χ1v) is 15.0. The standard InChI is InChI=1S/C33H41F2N3O7/c1-20-13-27(41-5)25(23-9-10-38(30(20)23)32(40)45-33(2,3)4)15-37-12-11-36(17-29(34)35)16-26(37)21-7-8-24(31(39)42-6)28(14-21)44-22-18-43-19-22/h7-10,13-14,22,26,29H,11-12,15-19H2,1-6H3/t26-/m0/s1. The van der Waals surface area contributed by atoms with Gasteiger partial charge in [-0.25, -0.2) is 18.4 Å². The highest BCUT2D eigenvalue weighted by molar-refractivity contribution is 5.95. The van der Waals surface area contributed by atoms with Crippen LogP contribution in [0.3, 0.4) is 0 Å². The highest BCUT2D eigenvalue weighted by atomic mass is 19.3. The van der Waals surface area contributed by atoms with Crippen LogP contribution >= 0.6 is 0 Å². The van der Waals surface area contributed by atoms with Crippen LogP contribution in [0.5, 0.6) is 11.5 Å². The van der Waals surface area contributed by atoms with Crippen molar-refractivity contribution in [1.29, 1.82) is 0 Å². The van der Waals surface area contributed by atoms with Gasteiger partial charge in [-0.2, -0.15) is 0 Å². The molecule has 2 saturated heterocycles. The smallest absolute Gasteiger partial charge is 0.419 e. The van der Waals surface area contributed by atoms with Crippen molar-refractivity contribution in [2.75, 3.05) is 53.6 Å². The molecule has 1 atom stereocenters. The molecule has 2 aromatic carbocycles. The van der Waals surface area contributed by atoms with Crippen molar-refractivity contribution in [3.63, 3.8) is 0 Å². The minimum Gasteiger partial charge on any atom is -0.496 e. The summed E-state index contributed by atoms with van der Waals surface area (Å²) in [4.78, 5) is 29.6. The molecule has 2 fully saturated rings. The number of alkyl halides is 2. The number of halogens is 2. The van der Waals surface area contributed by atoms with Crippen LogP contribution < -0.4 is 9.47 Å². The van der Waals surface area contributed by atoms with Crippen LogP contribution in [0, 0.1) is 6.92 Å². The average molecular weight is 630 g/mol. The number of nitrogens with zero attached hydrogens (tertiary/aromatic N) is 3. The van der Waals surface area contributed by atoms with E-state index < -0.39 is 24.1 Å². The minimum absolute atomic E-state index is 0.194. The summed E-state index contributed by atoms with van der Waals surface area (Å²) in [5.74, 6) is 0.493. The molecule has 5 rings (SSSR count). The minimum atomic E-state index is -2.47. The summed E-state index contributed by atoms with van der Waals surface area (Å²) in [5.41, 5.74) is 2.85. The first-order valence-electron chi connectivity index (χ1n) is 15.0. The summed E-state index contributed by atoms with van der Waals surface area (Å²) in [7, 11) is 2.91. The molecule has 0 saturated carbocycles. The fraction of sp³-hybridized carbons (Fsp3) is 0.515. The van der Waals surface area contributed by atoms with E-state index in [1.165, 1.54) is 11.7 Å². The number of carbonyl (C=O) groups excluding carboxylic acids is 2. The number of piperazine rings is 1. The van der Waals surface area contributed by atoms with E-state index in [1.54, 1.807) is 30.3 Å². The Morgan fingerprint density at radius 3 is 2.44 bits per heavy atom. The van der Waals surface area contributed by atoms with Crippen molar-refractivity contribution >= 4 is 23.0 Å². The van der Waals surface area contributed by atoms with Gasteiger partial charge < -0.3 is 23.7 Å². The number of carbonyl (C=O) groups is 2. The molecular formula is C33H41F2N3O7. The highest BCUT2D eigenvalue weighted by Crippen LogP contribution is 2.37. The molecule has 0 aliphatic carbocycles. The summed E-state index contributed by atoms with van der Waals surface area (Å²) in [6.07, 6.45) is -1.45. The second kappa shape index (κ2) is 13.3. The molecule has 45 heavy (non-hydrogen) atoms. The van der Waals surface area contributed by atoms with E-state index >= 15 is 0 Å². The first-order chi connectivity index (χ1) is 21.4. The molecule has 244 valence electrons. The van der Waals surface area contributed by atoms with Crippen molar-refractivity contribution in [2.24, 2.45) is 0 Å². The van der Waals surface area contributed by atoms with Gasteiger partial charge in [0.05, 0.1) is 39.5 Å². The third-order valence-corrected chi connectivity index (χ3v) is 8.07. The lowest BCUT2D eigenvalue weighted by atomic mass is 9.97. The van der Waals surface area contributed by atoms with Gasteiger partial charge in [0.2, 0.25) is 0 Å². The SMILES string of the molecule is COC(=O)c1ccc([C@@H]2CN(CC(F)F)CCN2Cc2c(OC)cc(C)c3c2ccn3C(=O)OC(C)(C)C)cc1OC1COC1. The number of aryl methyl sites for hydroxylation is 1. The number of methoxy groups -OCH3 is 2. The maximum Gasteiger partial charge on any atom is 0.419 e. The van der Waals surface area contributed by atoms with Gasteiger partial charge in [-0.15, -0.1) is 0 Å². The Hall–Kier alpha value is -3.74. The fourth-order valence-electron chi connectivity index (χ4n) is 5.90. The van der Waals surface area contributed by atoms with Crippen molar-refractivity contribution in [1.82, 2.24) is 14.4 Å². The number of hydrogen-bond acceptors (Lipinski definition) is 9. The molecule has 0 spiro atoms. The van der Waals surface area contributed by atoms with Gasteiger partial charge in [-0.1, -0.05) is 6.07 Å². The van der Waals surface area contributed by atoms with Crippen molar-refractivity contribution < 1.29 is 42.1 Å². The van der Waals surface area contributed by atoms with Gasteiger partial charge in [0.25, 0.3) is 6.43 Å². The van der Waals surface area contributed by atoms with Crippen LogP contribution in [-0.2, 0) is 20.8 Å². The van der Waals surface area contributed by atoms with Crippen LogP contribution in [0.2, 0.25) is 0 Å². The Balaban J connectivity index is 1.54. The number of aromatic nitrogens is 1. The van der Waals surface area contributed by atoms with E-state index in [0.717, 1.165) is 22.1 Å². The Kier molecular flexibility index (Phi) is 9.66. The maximum atomic E-state index is 13.5. The maximum absolute atomic E-state index is 13.5. The van der Waals surface area contributed by atoms with Gasteiger partial charge in [-0.05, 0) is 63.1 Å². The van der Waals surface area contributed by atoms with Crippen LogP contribution in [0.1, 0.15) is 53.9 Å². The summed E-state index contributed by atoms with van der Waals surface area (Å²) >= 11 is 0. The summed E-state index contributed by atoms with van der Waals surface area (Å²) in [6.45, 7) is 9.54. The van der Waals surface area contributed by atoms with Crippen LogP contribution in [-0.4, -0.2) is 98.2 Å². The lowest BCUT2D eigenvalue weighted by Gasteiger charge is -2.42. The molecule has 0 radical (unpaired) electrons. The second-order valence-electron chi connectivity index (χ2n) is 12.5. The van der Waals surface area contributed by atoms with E-state index in [1.807, 2.05) is 45.9 Å². The van der Waals surface area contributed by atoms with E-state index in [9.17, 15) is 18.4 Å². The molecule has 0 amide bonds. The third-order valence-electron chi connectivity index (χ3n) is 8.07. The predicted octanol–water partition coefficient (Wildman–Crippen LogP) is 5.43. The Morgan fingerprint density at radius 1 is 1.07 bits per heavy atom. The monoisotopic (exact) mass is 629 g/mol. The van der Waals surface area contributed by atoms with Crippen LogP contribution in [0.15, 0.2) is 36.5 Å². The number of fused-ring (bicyclic) bond motifs is 1. The molecule has 0 bridgehead atoms. The van der Waals surface area contributed by atoms with Gasteiger partial charge in [0, 0.05) is 49.4 Å². The Labute approximate surface area is 261 Å². The predicted molar refractivity (Wildman–Crippen MR) is 163 cm³/mol. The van der Waals surface area contributed by atoms with Crippen molar-refractivity contribution in [3.8, 4) is 11.5 Å². The molecule has 2 aliphatic rings. The van der Waals surface area contributed by atoms with E-state index in [0.29, 0.717) is 56.4 Å². The van der Waals surface area contributed by atoms with Crippen molar-refractivity contribution in [2.45, 2.75) is 58.4 Å². The van der Waals surface area contributed by atoms with Gasteiger partial charge >= 0.3 is 12.1 Å². The third kappa shape index (κ3) is 7.23. The topological polar surface area (TPSA) is 91.7 Å². The first kappa shape index (κ1) is 32.6. The second-order valence-corrected chi connectivity index (χ2v) is 12.5. The van der Waals surface area contributed by atoms with Gasteiger partial charge in [-0.3, -0.25) is 14.4 Å². The van der Waals surface area contributed by atoms with E-state index in [-0.39, 0.29) is 24.3 Å². The lowest BCUT2D eigenvalue weighted by molar-refractivity contribution is -0.0800. The molecule has 3 aromatic rings. The fourth-order valence-corrected chi connectivity index (χ4v) is 5.90. The summed E-state index contributed by atoms with van der Waals surface area (Å²) in [5, 5.41) is 0.835. The number of rotatable bonds is 9. The molecule has 12 heteroatoms. The molecule has 3 heterocycles. The zero-order valence-electron chi connectivity index (χ0n) is 26.6. The largest absolute Gasteiger partial charge is 0.496 e. The molecule has 1 aromatic heterocycles. The van der Waals surface area contributed by atoms with Gasteiger partial charge in [0.15, 0.2) is 0 Å². The quantitative estimate of drug-likeness (QED) is 0.288. The van der Waals surface area contributed by atoms with Gasteiger partial charge in [0.1, 0.15) is 28.8 Å². The zero-order valence-corrected chi connectivity index (χ0v) is 26.6. The number of benzene rings is 2. The number of hydrogen-bond donors (Lipinski definition) is 0. The molecule has 0 unspecified atom stereocenters. The summed E-state index contributed by atoms with van der Waals surface area (Å²) < 4.78 is 56.4. The van der Waals surface area contributed by atoms with Crippen molar-refractivity contribution in [3.05, 3.63) is 58.8 Å². The summed E-state index contributed by atoms with van der Waals surface area (Å²) in [6, 6.07) is 8.74. The van der Waals surface area contributed by atoms with E-state index in [2.05, 4.69) is 4.90 Å². The van der Waals surface area contributed by atoms with Crippen LogP contribution in [0.25, 0.3) is 10.9 Å². The van der Waals surface area contributed by atoms with Crippen LogP contribution in [0.4, 0.5) is 13.6 Å². The number of esters is 1. The average Bonchev–Trinajstić information content (AvgIpc) is 3.41. The Morgan fingerprint density at radius 2 is 1.82 bits per heavy atom. The molecule has 0 N–H and O–H groups in total. The zero-order chi connectivity index (χ0) is 32.5. The Bertz CT molecular complexity index is 1550. The molecule has 2 aliphatic heterocycles. The lowest BCUT2D eigenvalue weighted by Crippen LogP contribution is -2.49. The van der Waals surface area contributed by atoms with E-state index in [4.69, 9.17) is 23.7 Å². The normalized spacial score (nSPS) is 18.2.